The Morgan fingerprint density at radius 2 is 1.60 bits per heavy atom. The number of aliphatic imine (C=N–C) groups is 1. The molecule has 0 radical (unpaired) electrons. The maximum absolute atomic E-state index is 12.5. The molecule has 1 spiro atoms. The molecule has 5 aromatic rings. The zero-order valence-electron chi connectivity index (χ0n) is 24.0. The van der Waals surface area contributed by atoms with Gasteiger partial charge in [0.2, 0.25) is 5.72 Å². The van der Waals surface area contributed by atoms with E-state index in [1.807, 2.05) is 48.7 Å². The van der Waals surface area contributed by atoms with Crippen molar-refractivity contribution in [1.29, 1.82) is 0 Å². The molecule has 2 aliphatic heterocycles. The molecule has 5 aromatic carbocycles. The van der Waals surface area contributed by atoms with Crippen LogP contribution in [0.3, 0.4) is 0 Å². The fourth-order valence-electron chi connectivity index (χ4n) is 6.66. The lowest BCUT2D eigenvalue weighted by atomic mass is 9.77. The molecule has 5 heteroatoms. The van der Waals surface area contributed by atoms with Gasteiger partial charge in [-0.1, -0.05) is 72.8 Å². The van der Waals surface area contributed by atoms with Crippen LogP contribution in [0, 0.1) is 0 Å². The van der Waals surface area contributed by atoms with E-state index in [1.54, 1.807) is 13.0 Å². The van der Waals surface area contributed by atoms with E-state index in [-0.39, 0.29) is 11.2 Å². The summed E-state index contributed by atoms with van der Waals surface area (Å²) in [5.41, 5.74) is 6.76. The summed E-state index contributed by atoms with van der Waals surface area (Å²) in [7, 11) is 2.07. The Labute approximate surface area is 245 Å². The average molecular weight is 551 g/mol. The number of para-hydroxylation sites is 1. The van der Waals surface area contributed by atoms with Gasteiger partial charge >= 0.3 is 0 Å². The van der Waals surface area contributed by atoms with Crippen molar-refractivity contribution in [2.24, 2.45) is 4.99 Å². The van der Waals surface area contributed by atoms with Crippen LogP contribution < -0.4 is 9.64 Å². The molecule has 1 atom stereocenters. The molecule has 0 bridgehead atoms. The van der Waals surface area contributed by atoms with Crippen molar-refractivity contribution < 1.29 is 14.3 Å². The summed E-state index contributed by atoms with van der Waals surface area (Å²) in [6.07, 6.45) is 2.79. The average Bonchev–Trinajstić information content (AvgIpc) is 3.18. The maximum Gasteiger partial charge on any atom is 0.228 e. The van der Waals surface area contributed by atoms with Gasteiger partial charge in [-0.05, 0) is 78.2 Å². The number of carbonyl (C=O) groups excluding carboxylic acids is 2. The van der Waals surface area contributed by atoms with E-state index in [4.69, 9.17) is 9.73 Å². The second-order valence-electron chi connectivity index (χ2n) is 11.6. The number of benzene rings is 5. The largest absolute Gasteiger partial charge is 0.459 e. The highest BCUT2D eigenvalue weighted by Crippen LogP contribution is 2.54. The summed E-state index contributed by atoms with van der Waals surface area (Å²) in [4.78, 5) is 31.5. The number of likely N-dealkylation sites (N-methyl/N-ethyl adjacent to an activating group) is 1. The lowest BCUT2D eigenvalue weighted by molar-refractivity contribution is 0.0826. The second-order valence-corrected chi connectivity index (χ2v) is 11.6. The number of aldehydes is 1. The Balaban J connectivity index is 1.30. The van der Waals surface area contributed by atoms with Gasteiger partial charge in [0, 0.05) is 29.2 Å². The Hall–Kier alpha value is -5.03. The fourth-order valence-corrected chi connectivity index (χ4v) is 6.66. The van der Waals surface area contributed by atoms with Crippen molar-refractivity contribution in [1.82, 2.24) is 0 Å². The Kier molecular flexibility index (Phi) is 5.70. The van der Waals surface area contributed by atoms with Crippen LogP contribution in [0.25, 0.3) is 33.0 Å². The van der Waals surface area contributed by atoms with Crippen molar-refractivity contribution in [2.45, 2.75) is 31.9 Å². The number of hydrogen-bond acceptors (Lipinski definition) is 5. The minimum absolute atomic E-state index is 0.0443. The van der Waals surface area contributed by atoms with Crippen LogP contribution in [0.1, 0.15) is 47.1 Å². The molecule has 0 N–H and O–H groups in total. The van der Waals surface area contributed by atoms with Gasteiger partial charge in [-0.2, -0.15) is 0 Å². The van der Waals surface area contributed by atoms with Crippen molar-refractivity contribution >= 4 is 40.4 Å². The lowest BCUT2D eigenvalue weighted by Crippen LogP contribution is -2.61. The molecule has 0 aliphatic carbocycles. The van der Waals surface area contributed by atoms with E-state index in [1.165, 1.54) is 5.56 Å². The molecule has 42 heavy (non-hydrogen) atoms. The molecule has 2 heterocycles. The Morgan fingerprint density at radius 1 is 0.857 bits per heavy atom. The van der Waals surface area contributed by atoms with Gasteiger partial charge in [0.1, 0.15) is 11.4 Å². The topological polar surface area (TPSA) is 59.0 Å². The third-order valence-electron chi connectivity index (χ3n) is 9.03. The van der Waals surface area contributed by atoms with Gasteiger partial charge in [0.05, 0.1) is 11.6 Å². The standard InChI is InChI=1S/C37H30N2O3/c1-23(41)28-16-13-25(20-31(28)29-10-6-5-9-27(29)21-40)24-14-17-30-26(19-24)15-18-34-35(30)38-22-37(42-34)36(2,3)32-11-7-8-12-33(32)39(37)4/h5-22H,1-4H3. The number of nitrogens with zero attached hydrogens (tertiary/aromatic N) is 2. The number of hydrogen-bond donors (Lipinski definition) is 0. The third kappa shape index (κ3) is 3.59. The smallest absolute Gasteiger partial charge is 0.228 e. The van der Waals surface area contributed by atoms with Crippen LogP contribution in [0.15, 0.2) is 102 Å². The minimum atomic E-state index is -0.732. The van der Waals surface area contributed by atoms with Crippen molar-refractivity contribution in [3.8, 4) is 28.0 Å². The first-order chi connectivity index (χ1) is 20.2. The molecule has 206 valence electrons. The van der Waals surface area contributed by atoms with E-state index in [0.717, 1.165) is 56.4 Å². The van der Waals surface area contributed by atoms with E-state index in [2.05, 4.69) is 74.3 Å². The number of ketones is 1. The SMILES string of the molecule is CC(=O)c1ccc(-c2ccc3c4c(ccc3c2)OC2(C=N4)N(C)c3ccccc3C2(C)C)cc1-c1ccccc1C=O. The molecule has 7 rings (SSSR count). The molecule has 0 fully saturated rings. The summed E-state index contributed by atoms with van der Waals surface area (Å²) in [5, 5.41) is 2.04. The van der Waals surface area contributed by atoms with E-state index in [0.29, 0.717) is 11.1 Å². The number of ether oxygens (including phenoxy) is 1. The van der Waals surface area contributed by atoms with E-state index >= 15 is 0 Å². The zero-order chi connectivity index (χ0) is 29.2. The maximum atomic E-state index is 12.5. The number of Topliss-reactive ketones (excluding diaryl/α,β-unsaturated/α-hetero) is 1. The monoisotopic (exact) mass is 550 g/mol. The number of fused-ring (bicyclic) bond motifs is 4. The number of anilines is 1. The molecule has 5 nitrogen and oxygen atoms in total. The lowest BCUT2D eigenvalue weighted by Gasteiger charge is -2.45. The van der Waals surface area contributed by atoms with Gasteiger partial charge in [-0.25, -0.2) is 0 Å². The van der Waals surface area contributed by atoms with Crippen molar-refractivity contribution in [2.75, 3.05) is 11.9 Å². The second kappa shape index (κ2) is 9.25. The molecular formula is C37H30N2O3. The summed E-state index contributed by atoms with van der Waals surface area (Å²) < 4.78 is 6.85. The number of carbonyl (C=O) groups is 2. The molecule has 1 unspecified atom stereocenters. The van der Waals surface area contributed by atoms with Crippen LogP contribution in [0.4, 0.5) is 11.4 Å². The van der Waals surface area contributed by atoms with E-state index in [9.17, 15) is 9.59 Å². The normalized spacial score (nSPS) is 18.0. The van der Waals surface area contributed by atoms with Crippen LogP contribution in [0.2, 0.25) is 0 Å². The predicted molar refractivity (Wildman–Crippen MR) is 170 cm³/mol. The first kappa shape index (κ1) is 25.9. The van der Waals surface area contributed by atoms with Gasteiger partial charge in [0.25, 0.3) is 0 Å². The minimum Gasteiger partial charge on any atom is -0.459 e. The summed E-state index contributed by atoms with van der Waals surface area (Å²) in [6, 6.07) is 32.0. The van der Waals surface area contributed by atoms with Crippen molar-refractivity contribution in [3.63, 3.8) is 0 Å². The van der Waals surface area contributed by atoms with Crippen LogP contribution in [-0.4, -0.2) is 31.1 Å². The van der Waals surface area contributed by atoms with E-state index < -0.39 is 5.72 Å². The highest BCUT2D eigenvalue weighted by Gasteiger charge is 2.58. The molecule has 0 amide bonds. The highest BCUT2D eigenvalue weighted by atomic mass is 16.5. The predicted octanol–water partition coefficient (Wildman–Crippen LogP) is 8.41. The summed E-state index contributed by atoms with van der Waals surface area (Å²) >= 11 is 0. The molecule has 0 saturated heterocycles. The Bertz CT molecular complexity index is 1970. The van der Waals surface area contributed by atoms with Crippen LogP contribution in [0.5, 0.6) is 5.75 Å². The van der Waals surface area contributed by atoms with Gasteiger partial charge in [-0.3, -0.25) is 14.6 Å². The van der Waals surface area contributed by atoms with Gasteiger partial charge < -0.3 is 9.64 Å². The van der Waals surface area contributed by atoms with Crippen LogP contribution in [-0.2, 0) is 5.41 Å². The molecular weight excluding hydrogens is 520 g/mol. The third-order valence-corrected chi connectivity index (χ3v) is 9.03. The quantitative estimate of drug-likeness (QED) is 0.167. The first-order valence-corrected chi connectivity index (χ1v) is 14.1. The van der Waals surface area contributed by atoms with Gasteiger partial charge in [0.15, 0.2) is 12.1 Å². The molecule has 2 aliphatic rings. The Morgan fingerprint density at radius 3 is 2.38 bits per heavy atom. The van der Waals surface area contributed by atoms with Crippen LogP contribution >= 0.6 is 0 Å². The summed E-state index contributed by atoms with van der Waals surface area (Å²) in [6.45, 7) is 5.97. The zero-order valence-corrected chi connectivity index (χ0v) is 24.0. The fraction of sp³-hybridized carbons (Fsp3) is 0.162. The molecule has 0 saturated carbocycles. The van der Waals surface area contributed by atoms with Gasteiger partial charge in [-0.15, -0.1) is 0 Å². The number of rotatable bonds is 4. The first-order valence-electron chi connectivity index (χ1n) is 14.1. The van der Waals surface area contributed by atoms with Crippen molar-refractivity contribution in [3.05, 3.63) is 114 Å². The summed E-state index contributed by atoms with van der Waals surface area (Å²) in [5.74, 6) is 0.709. The highest BCUT2D eigenvalue weighted by molar-refractivity contribution is 6.05. The molecule has 0 aromatic heterocycles.